The van der Waals surface area contributed by atoms with Gasteiger partial charge < -0.3 is 10.1 Å². The third kappa shape index (κ3) is 4.26. The van der Waals surface area contributed by atoms with Crippen molar-refractivity contribution in [1.29, 1.82) is 0 Å². The van der Waals surface area contributed by atoms with E-state index in [9.17, 15) is 9.59 Å². The van der Waals surface area contributed by atoms with Crippen LogP contribution in [0.2, 0.25) is 0 Å². The van der Waals surface area contributed by atoms with Crippen LogP contribution in [0.5, 0.6) is 0 Å². The normalized spacial score (nSPS) is 10.7. The molecular formula is C25H21NO3S. The minimum absolute atomic E-state index is 0.168. The molecule has 3 aromatic carbocycles. The van der Waals surface area contributed by atoms with Crippen LogP contribution in [0.25, 0.3) is 21.2 Å². The number of benzene rings is 3. The molecule has 150 valence electrons. The SMILES string of the molecule is CCOC(=O)c1cc(-c2ccccc2)sc1NC(=O)Cc1cccc2ccccc12. The number of fused-ring (bicyclic) bond motifs is 1. The highest BCUT2D eigenvalue weighted by Gasteiger charge is 2.20. The molecule has 0 spiro atoms. The standard InChI is InChI=1S/C25H21NO3S/c1-2-29-25(28)21-16-22(18-10-4-3-5-11-18)30-24(21)26-23(27)15-19-13-8-12-17-9-6-7-14-20(17)19/h3-14,16H,2,15H2,1H3,(H,26,27). The Morgan fingerprint density at radius 1 is 0.933 bits per heavy atom. The molecule has 30 heavy (non-hydrogen) atoms. The van der Waals surface area contributed by atoms with Crippen LogP contribution in [0.1, 0.15) is 22.8 Å². The summed E-state index contributed by atoms with van der Waals surface area (Å²) >= 11 is 1.38. The summed E-state index contributed by atoms with van der Waals surface area (Å²) in [5.41, 5.74) is 2.32. The third-order valence-corrected chi connectivity index (χ3v) is 5.87. The van der Waals surface area contributed by atoms with Gasteiger partial charge in [-0.25, -0.2) is 4.79 Å². The summed E-state index contributed by atoms with van der Waals surface area (Å²) in [4.78, 5) is 26.2. The number of amides is 1. The lowest BCUT2D eigenvalue weighted by Crippen LogP contribution is -2.16. The average Bonchev–Trinajstić information content (AvgIpc) is 3.18. The van der Waals surface area contributed by atoms with Crippen LogP contribution < -0.4 is 5.32 Å². The van der Waals surface area contributed by atoms with E-state index in [-0.39, 0.29) is 18.9 Å². The summed E-state index contributed by atoms with van der Waals surface area (Å²) in [5, 5.41) is 5.59. The van der Waals surface area contributed by atoms with Crippen molar-refractivity contribution in [2.24, 2.45) is 0 Å². The molecule has 4 rings (SSSR count). The van der Waals surface area contributed by atoms with Gasteiger partial charge in [0.25, 0.3) is 0 Å². The maximum Gasteiger partial charge on any atom is 0.341 e. The van der Waals surface area contributed by atoms with Crippen molar-refractivity contribution < 1.29 is 14.3 Å². The maximum absolute atomic E-state index is 12.8. The van der Waals surface area contributed by atoms with Gasteiger partial charge >= 0.3 is 5.97 Å². The molecule has 0 bridgehead atoms. The van der Waals surface area contributed by atoms with Crippen molar-refractivity contribution in [3.8, 4) is 10.4 Å². The number of anilines is 1. The lowest BCUT2D eigenvalue weighted by atomic mass is 10.0. The van der Waals surface area contributed by atoms with Crippen LogP contribution in [0, 0.1) is 0 Å². The molecule has 1 amide bonds. The number of hydrogen-bond donors (Lipinski definition) is 1. The smallest absolute Gasteiger partial charge is 0.341 e. The van der Waals surface area contributed by atoms with Crippen LogP contribution in [-0.2, 0) is 16.0 Å². The van der Waals surface area contributed by atoms with Gasteiger partial charge in [0, 0.05) is 4.88 Å². The fourth-order valence-corrected chi connectivity index (χ4v) is 4.45. The molecular weight excluding hydrogens is 394 g/mol. The van der Waals surface area contributed by atoms with Gasteiger partial charge in [-0.15, -0.1) is 11.3 Å². The first-order valence-corrected chi connectivity index (χ1v) is 10.6. The minimum Gasteiger partial charge on any atom is -0.462 e. The largest absolute Gasteiger partial charge is 0.462 e. The Morgan fingerprint density at radius 3 is 2.47 bits per heavy atom. The zero-order chi connectivity index (χ0) is 20.9. The molecule has 1 N–H and O–H groups in total. The van der Waals surface area contributed by atoms with E-state index in [1.807, 2.05) is 72.8 Å². The van der Waals surface area contributed by atoms with E-state index in [2.05, 4.69) is 5.32 Å². The monoisotopic (exact) mass is 415 g/mol. The van der Waals surface area contributed by atoms with E-state index in [0.717, 1.165) is 26.8 Å². The van der Waals surface area contributed by atoms with E-state index < -0.39 is 5.97 Å². The van der Waals surface area contributed by atoms with Crippen molar-refractivity contribution in [3.05, 3.63) is 90.0 Å². The lowest BCUT2D eigenvalue weighted by Gasteiger charge is -2.08. The quantitative estimate of drug-likeness (QED) is 0.397. The summed E-state index contributed by atoms with van der Waals surface area (Å²) in [6, 6.07) is 25.5. The molecule has 1 heterocycles. The molecule has 4 aromatic rings. The first kappa shape index (κ1) is 19.9. The van der Waals surface area contributed by atoms with Crippen molar-refractivity contribution >= 4 is 39.0 Å². The Balaban J connectivity index is 1.61. The van der Waals surface area contributed by atoms with Crippen molar-refractivity contribution in [3.63, 3.8) is 0 Å². The summed E-state index contributed by atoms with van der Waals surface area (Å²) in [6.07, 6.45) is 0.224. The second-order valence-electron chi connectivity index (χ2n) is 6.80. The Morgan fingerprint density at radius 2 is 1.67 bits per heavy atom. The summed E-state index contributed by atoms with van der Waals surface area (Å²) < 4.78 is 5.19. The van der Waals surface area contributed by atoms with Gasteiger partial charge in [0.15, 0.2) is 0 Å². The predicted octanol–water partition coefficient (Wildman–Crippen LogP) is 5.93. The summed E-state index contributed by atoms with van der Waals surface area (Å²) in [5.74, 6) is -0.602. The van der Waals surface area contributed by atoms with Gasteiger partial charge in [-0.1, -0.05) is 72.8 Å². The van der Waals surface area contributed by atoms with Gasteiger partial charge in [-0.05, 0) is 34.9 Å². The van der Waals surface area contributed by atoms with Crippen molar-refractivity contribution in [1.82, 2.24) is 0 Å². The van der Waals surface area contributed by atoms with Crippen molar-refractivity contribution in [2.45, 2.75) is 13.3 Å². The molecule has 0 unspecified atom stereocenters. The van der Waals surface area contributed by atoms with Gasteiger partial charge in [-0.2, -0.15) is 0 Å². The molecule has 0 radical (unpaired) electrons. The van der Waals surface area contributed by atoms with E-state index in [1.54, 1.807) is 13.0 Å². The number of esters is 1. The zero-order valence-electron chi connectivity index (χ0n) is 16.6. The third-order valence-electron chi connectivity index (χ3n) is 4.77. The van der Waals surface area contributed by atoms with Crippen molar-refractivity contribution in [2.75, 3.05) is 11.9 Å². The molecule has 0 saturated heterocycles. The first-order chi connectivity index (χ1) is 14.7. The molecule has 0 aliphatic rings. The Hall–Kier alpha value is -3.44. The molecule has 0 atom stereocenters. The second-order valence-corrected chi connectivity index (χ2v) is 7.86. The van der Waals surface area contributed by atoms with Gasteiger partial charge in [0.05, 0.1) is 18.6 Å². The van der Waals surface area contributed by atoms with Crippen LogP contribution in [0.3, 0.4) is 0 Å². The van der Waals surface area contributed by atoms with Gasteiger partial charge in [0.2, 0.25) is 5.91 Å². The fraction of sp³-hybridized carbons (Fsp3) is 0.120. The number of ether oxygens (including phenoxy) is 1. The highest BCUT2D eigenvalue weighted by Crippen LogP contribution is 2.36. The number of rotatable bonds is 6. The molecule has 1 aromatic heterocycles. The van der Waals surface area contributed by atoms with E-state index in [0.29, 0.717) is 10.6 Å². The molecule has 5 heteroatoms. The topological polar surface area (TPSA) is 55.4 Å². The predicted molar refractivity (Wildman–Crippen MR) is 122 cm³/mol. The number of nitrogens with one attached hydrogen (secondary N) is 1. The highest BCUT2D eigenvalue weighted by atomic mass is 32.1. The number of hydrogen-bond acceptors (Lipinski definition) is 4. The first-order valence-electron chi connectivity index (χ1n) is 9.78. The van der Waals surface area contributed by atoms with Gasteiger partial charge in [-0.3, -0.25) is 4.79 Å². The summed E-state index contributed by atoms with van der Waals surface area (Å²) in [7, 11) is 0. The Kier molecular flexibility index (Phi) is 5.91. The van der Waals surface area contributed by atoms with E-state index in [1.165, 1.54) is 11.3 Å². The zero-order valence-corrected chi connectivity index (χ0v) is 17.4. The average molecular weight is 416 g/mol. The molecule has 0 saturated carbocycles. The lowest BCUT2D eigenvalue weighted by molar-refractivity contribution is -0.115. The van der Waals surface area contributed by atoms with Crippen LogP contribution in [0.15, 0.2) is 78.9 Å². The molecule has 4 nitrogen and oxygen atoms in total. The molecule has 0 aliphatic heterocycles. The van der Waals surface area contributed by atoms with E-state index in [4.69, 9.17) is 4.74 Å². The van der Waals surface area contributed by atoms with Crippen LogP contribution >= 0.6 is 11.3 Å². The van der Waals surface area contributed by atoms with E-state index >= 15 is 0 Å². The number of carbonyl (C=O) groups excluding carboxylic acids is 2. The fourth-order valence-electron chi connectivity index (χ4n) is 3.38. The van der Waals surface area contributed by atoms with Crippen LogP contribution in [0.4, 0.5) is 5.00 Å². The molecule has 0 aliphatic carbocycles. The highest BCUT2D eigenvalue weighted by molar-refractivity contribution is 7.20. The second kappa shape index (κ2) is 8.93. The van der Waals surface area contributed by atoms with Crippen LogP contribution in [-0.4, -0.2) is 18.5 Å². The Labute approximate surface area is 179 Å². The maximum atomic E-state index is 12.8. The number of thiophene rings is 1. The minimum atomic E-state index is -0.434. The van der Waals surface area contributed by atoms with Gasteiger partial charge in [0.1, 0.15) is 5.00 Å². The summed E-state index contributed by atoms with van der Waals surface area (Å²) in [6.45, 7) is 2.04. The Bertz CT molecular complexity index is 1190. The number of carbonyl (C=O) groups is 2. The molecule has 0 fully saturated rings.